The predicted molar refractivity (Wildman–Crippen MR) is 84.7 cm³/mol. The minimum Gasteiger partial charge on any atom is -0.271 e. The summed E-state index contributed by atoms with van der Waals surface area (Å²) in [5.74, 6) is 5.69. The van der Waals surface area contributed by atoms with Crippen LogP contribution in [-0.4, -0.2) is 0 Å². The van der Waals surface area contributed by atoms with E-state index in [2.05, 4.69) is 74.5 Å². The number of hydrogen-bond donors (Lipinski definition) is 2. The van der Waals surface area contributed by atoms with Crippen molar-refractivity contribution in [3.63, 3.8) is 0 Å². The molecule has 2 nitrogen and oxygen atoms in total. The second-order valence-electron chi connectivity index (χ2n) is 4.19. The maximum Gasteiger partial charge on any atom is 0.0758 e. The first-order chi connectivity index (χ1) is 8.60. The molecule has 0 amide bonds. The maximum absolute atomic E-state index is 5.69. The van der Waals surface area contributed by atoms with Crippen LogP contribution in [0.3, 0.4) is 0 Å². The fourth-order valence-electron chi connectivity index (χ4n) is 1.92. The van der Waals surface area contributed by atoms with Crippen molar-refractivity contribution in [2.24, 2.45) is 5.84 Å². The van der Waals surface area contributed by atoms with Crippen LogP contribution in [0.25, 0.3) is 0 Å². The van der Waals surface area contributed by atoms with Gasteiger partial charge in [-0.05, 0) is 62.4 Å². The number of rotatable bonds is 4. The van der Waals surface area contributed by atoms with E-state index < -0.39 is 0 Å². The van der Waals surface area contributed by atoms with E-state index in [1.165, 1.54) is 16.7 Å². The van der Waals surface area contributed by atoms with Gasteiger partial charge in [0.25, 0.3) is 0 Å². The summed E-state index contributed by atoms with van der Waals surface area (Å²) < 4.78 is 2.22. The van der Waals surface area contributed by atoms with Crippen LogP contribution in [0.1, 0.15) is 22.7 Å². The molecule has 96 valence electrons. The number of hydrazine groups is 1. The predicted octanol–water partition coefficient (Wildman–Crippen LogP) is 4.33. The normalized spacial score (nSPS) is 12.7. The zero-order valence-corrected chi connectivity index (χ0v) is 13.9. The Bertz CT molecular complexity index is 540. The lowest BCUT2D eigenvalue weighted by atomic mass is 10.0. The van der Waals surface area contributed by atoms with Gasteiger partial charge in [-0.15, -0.1) is 11.3 Å². The van der Waals surface area contributed by atoms with Crippen LogP contribution in [0.2, 0.25) is 0 Å². The summed E-state index contributed by atoms with van der Waals surface area (Å²) in [4.78, 5) is 0. The van der Waals surface area contributed by atoms with Gasteiger partial charge in [0.2, 0.25) is 0 Å². The zero-order valence-electron chi connectivity index (χ0n) is 9.91. The van der Waals surface area contributed by atoms with E-state index in [1.54, 1.807) is 11.3 Å². The Morgan fingerprint density at radius 1 is 1.33 bits per heavy atom. The van der Waals surface area contributed by atoms with Crippen molar-refractivity contribution in [3.05, 3.63) is 54.6 Å². The summed E-state index contributed by atoms with van der Waals surface area (Å²) in [6.07, 6.45) is 0.875. The second kappa shape index (κ2) is 6.30. The van der Waals surface area contributed by atoms with Crippen molar-refractivity contribution >= 4 is 43.2 Å². The zero-order chi connectivity index (χ0) is 13.1. The average molecular weight is 390 g/mol. The highest BCUT2D eigenvalue weighted by atomic mass is 79.9. The van der Waals surface area contributed by atoms with E-state index in [4.69, 9.17) is 5.84 Å². The van der Waals surface area contributed by atoms with E-state index in [9.17, 15) is 0 Å². The molecule has 0 fully saturated rings. The third kappa shape index (κ3) is 3.42. The third-order valence-corrected chi connectivity index (χ3v) is 5.17. The molecule has 0 aliphatic heterocycles. The highest BCUT2D eigenvalue weighted by Gasteiger charge is 2.16. The molecule has 0 aliphatic rings. The van der Waals surface area contributed by atoms with Gasteiger partial charge in [0.05, 0.1) is 13.6 Å². The first-order valence-electron chi connectivity index (χ1n) is 5.56. The molecule has 0 spiro atoms. The molecule has 18 heavy (non-hydrogen) atoms. The lowest BCUT2D eigenvalue weighted by Gasteiger charge is -2.15. The Morgan fingerprint density at radius 3 is 2.67 bits per heavy atom. The Kier molecular flexibility index (Phi) is 4.98. The second-order valence-corrected chi connectivity index (χ2v) is 7.94. The Labute approximate surface area is 128 Å². The smallest absolute Gasteiger partial charge is 0.0758 e. The molecule has 3 N–H and O–H groups in total. The molecule has 0 aliphatic carbocycles. The van der Waals surface area contributed by atoms with Gasteiger partial charge >= 0.3 is 0 Å². The van der Waals surface area contributed by atoms with Gasteiger partial charge in [0, 0.05) is 0 Å². The molecule has 5 heteroatoms. The maximum atomic E-state index is 5.69. The summed E-state index contributed by atoms with van der Waals surface area (Å²) in [7, 11) is 0. The van der Waals surface area contributed by atoms with Crippen LogP contribution >= 0.6 is 43.2 Å². The number of nitrogens with one attached hydrogen (secondary N) is 1. The quantitative estimate of drug-likeness (QED) is 0.603. The Morgan fingerprint density at radius 2 is 2.11 bits per heavy atom. The highest BCUT2D eigenvalue weighted by Crippen LogP contribution is 2.36. The summed E-state index contributed by atoms with van der Waals surface area (Å²) in [6, 6.07) is 10.7. The molecule has 1 aromatic heterocycles. The average Bonchev–Trinajstić information content (AvgIpc) is 2.65. The molecular formula is C13H14Br2N2S. The third-order valence-electron chi connectivity index (χ3n) is 2.78. The van der Waals surface area contributed by atoms with Crippen LogP contribution in [-0.2, 0) is 6.42 Å². The first kappa shape index (κ1) is 14.2. The molecule has 1 unspecified atom stereocenters. The molecule has 2 rings (SSSR count). The van der Waals surface area contributed by atoms with Crippen molar-refractivity contribution in [2.75, 3.05) is 0 Å². The number of thiophene rings is 1. The molecule has 1 atom stereocenters. The molecule has 0 radical (unpaired) electrons. The summed E-state index contributed by atoms with van der Waals surface area (Å²) >= 11 is 8.74. The van der Waals surface area contributed by atoms with Gasteiger partial charge in [-0.3, -0.25) is 11.3 Å². The SMILES string of the molecule is Cc1cccc(CC(NN)c2cc(Br)sc2Br)c1. The van der Waals surface area contributed by atoms with Gasteiger partial charge in [-0.1, -0.05) is 29.8 Å². The molecule has 1 heterocycles. The van der Waals surface area contributed by atoms with Gasteiger partial charge in [0.1, 0.15) is 0 Å². The molecule has 1 aromatic carbocycles. The molecule has 0 bridgehead atoms. The molecule has 2 aromatic rings. The van der Waals surface area contributed by atoms with Crippen molar-refractivity contribution in [1.82, 2.24) is 5.43 Å². The topological polar surface area (TPSA) is 38.0 Å². The van der Waals surface area contributed by atoms with Crippen molar-refractivity contribution in [2.45, 2.75) is 19.4 Å². The monoisotopic (exact) mass is 388 g/mol. The van der Waals surface area contributed by atoms with E-state index in [-0.39, 0.29) is 6.04 Å². The minimum absolute atomic E-state index is 0.115. The van der Waals surface area contributed by atoms with Crippen LogP contribution in [0.4, 0.5) is 0 Å². The molecular weight excluding hydrogens is 376 g/mol. The fourth-order valence-corrected chi connectivity index (χ4v) is 4.90. The van der Waals surface area contributed by atoms with Gasteiger partial charge < -0.3 is 0 Å². The standard InChI is InChI=1S/C13H14Br2N2S/c1-8-3-2-4-9(5-8)6-11(17-16)10-7-12(14)18-13(10)15/h2-5,7,11,17H,6,16H2,1H3. The number of aryl methyl sites for hydroxylation is 1. The summed E-state index contributed by atoms with van der Waals surface area (Å²) in [6.45, 7) is 2.10. The minimum atomic E-state index is 0.115. The van der Waals surface area contributed by atoms with Crippen molar-refractivity contribution in [3.8, 4) is 0 Å². The van der Waals surface area contributed by atoms with Gasteiger partial charge in [0.15, 0.2) is 0 Å². The number of nitrogens with two attached hydrogens (primary N) is 1. The number of benzene rings is 1. The van der Waals surface area contributed by atoms with E-state index in [1.807, 2.05) is 0 Å². The van der Waals surface area contributed by atoms with E-state index in [0.29, 0.717) is 0 Å². The lowest BCUT2D eigenvalue weighted by Crippen LogP contribution is -2.29. The highest BCUT2D eigenvalue weighted by molar-refractivity contribution is 9.12. The summed E-state index contributed by atoms with van der Waals surface area (Å²) in [5, 5.41) is 0. The van der Waals surface area contributed by atoms with Crippen LogP contribution < -0.4 is 11.3 Å². The van der Waals surface area contributed by atoms with E-state index >= 15 is 0 Å². The van der Waals surface area contributed by atoms with Crippen molar-refractivity contribution < 1.29 is 0 Å². The summed E-state index contributed by atoms with van der Waals surface area (Å²) in [5.41, 5.74) is 6.64. The number of halogens is 2. The fraction of sp³-hybridized carbons (Fsp3) is 0.231. The van der Waals surface area contributed by atoms with Crippen LogP contribution in [0, 0.1) is 6.92 Å². The Balaban J connectivity index is 2.22. The van der Waals surface area contributed by atoms with Gasteiger partial charge in [-0.25, -0.2) is 0 Å². The lowest BCUT2D eigenvalue weighted by molar-refractivity contribution is 0.551. The van der Waals surface area contributed by atoms with E-state index in [0.717, 1.165) is 14.0 Å². The van der Waals surface area contributed by atoms with Crippen molar-refractivity contribution in [1.29, 1.82) is 0 Å². The largest absolute Gasteiger partial charge is 0.271 e. The van der Waals surface area contributed by atoms with Crippen LogP contribution in [0.15, 0.2) is 37.9 Å². The Hall–Kier alpha value is -0.200. The van der Waals surface area contributed by atoms with Gasteiger partial charge in [-0.2, -0.15) is 0 Å². The van der Waals surface area contributed by atoms with Crippen LogP contribution in [0.5, 0.6) is 0 Å². The first-order valence-corrected chi connectivity index (χ1v) is 7.97. The molecule has 0 saturated heterocycles. The molecule has 0 saturated carbocycles. The number of hydrogen-bond acceptors (Lipinski definition) is 3.